The fourth-order valence-electron chi connectivity index (χ4n) is 2.10. The highest BCUT2D eigenvalue weighted by atomic mass is 16.1. The van der Waals surface area contributed by atoms with Crippen LogP contribution in [-0.2, 0) is 4.79 Å². The molecule has 0 aromatic heterocycles. The zero-order valence-electron chi connectivity index (χ0n) is 8.53. The minimum absolute atomic E-state index is 0.104. The van der Waals surface area contributed by atoms with Crippen molar-refractivity contribution in [2.75, 3.05) is 5.73 Å². The third-order valence-electron chi connectivity index (χ3n) is 2.89. The number of carbonyl (C=O) groups is 1. The van der Waals surface area contributed by atoms with Crippen LogP contribution < -0.4 is 11.5 Å². The number of nitrogens with two attached hydrogens (primary N) is 2. The Hall–Kier alpha value is -2.29. The van der Waals surface area contributed by atoms with Gasteiger partial charge in [-0.15, -0.1) is 0 Å². The van der Waals surface area contributed by atoms with Crippen LogP contribution in [0.15, 0.2) is 41.6 Å². The lowest BCUT2D eigenvalue weighted by molar-refractivity contribution is -0.111. The van der Waals surface area contributed by atoms with Crippen molar-refractivity contribution in [3.63, 3.8) is 0 Å². The van der Waals surface area contributed by atoms with E-state index in [1.165, 1.54) is 0 Å². The molecule has 0 amide bonds. The summed E-state index contributed by atoms with van der Waals surface area (Å²) in [6, 6.07) is 5.64. The summed E-state index contributed by atoms with van der Waals surface area (Å²) >= 11 is 0. The lowest BCUT2D eigenvalue weighted by atomic mass is 9.94. The first-order chi connectivity index (χ1) is 7.66. The van der Waals surface area contributed by atoms with Crippen LogP contribution in [0.1, 0.15) is 11.1 Å². The summed E-state index contributed by atoms with van der Waals surface area (Å²) in [6.45, 7) is 0. The minimum atomic E-state index is -0.104. The Morgan fingerprint density at radius 3 is 2.62 bits per heavy atom. The van der Waals surface area contributed by atoms with Crippen LogP contribution in [-0.4, -0.2) is 5.78 Å². The van der Waals surface area contributed by atoms with E-state index in [1.807, 2.05) is 30.4 Å². The Bertz CT molecular complexity index is 606. The third-order valence-corrected chi connectivity index (χ3v) is 2.89. The van der Waals surface area contributed by atoms with E-state index in [4.69, 9.17) is 11.5 Å². The van der Waals surface area contributed by atoms with Crippen LogP contribution in [0.5, 0.6) is 0 Å². The number of benzene rings is 1. The van der Waals surface area contributed by atoms with Gasteiger partial charge in [0.2, 0.25) is 5.78 Å². The molecule has 0 saturated carbocycles. The van der Waals surface area contributed by atoms with Crippen molar-refractivity contribution in [3.8, 4) is 0 Å². The van der Waals surface area contributed by atoms with E-state index in [0.29, 0.717) is 11.3 Å². The predicted molar refractivity (Wildman–Crippen MR) is 64.1 cm³/mol. The molecule has 0 spiro atoms. The summed E-state index contributed by atoms with van der Waals surface area (Å²) in [5.41, 5.74) is 15.9. The second-order valence-corrected chi connectivity index (χ2v) is 3.94. The van der Waals surface area contributed by atoms with Gasteiger partial charge in [0.15, 0.2) is 0 Å². The molecule has 2 aliphatic carbocycles. The molecular weight excluding hydrogens is 200 g/mol. The number of anilines is 1. The van der Waals surface area contributed by atoms with Crippen molar-refractivity contribution >= 4 is 23.1 Å². The summed E-state index contributed by atoms with van der Waals surface area (Å²) in [5, 5.41) is 0. The molecule has 0 heterocycles. The highest BCUT2D eigenvalue weighted by Crippen LogP contribution is 2.39. The van der Waals surface area contributed by atoms with Crippen molar-refractivity contribution < 1.29 is 4.79 Å². The smallest absolute Gasteiger partial charge is 0.209 e. The molecule has 0 fully saturated rings. The maximum Gasteiger partial charge on any atom is 0.209 e. The molecule has 0 unspecified atom stereocenters. The summed E-state index contributed by atoms with van der Waals surface area (Å²) < 4.78 is 0. The number of allylic oxidation sites excluding steroid dienone is 4. The number of hydrogen-bond acceptors (Lipinski definition) is 3. The molecule has 0 bridgehead atoms. The van der Waals surface area contributed by atoms with Gasteiger partial charge in [-0.25, -0.2) is 0 Å². The molecule has 16 heavy (non-hydrogen) atoms. The second-order valence-electron chi connectivity index (χ2n) is 3.94. The molecule has 3 heteroatoms. The summed E-state index contributed by atoms with van der Waals surface area (Å²) in [6.07, 6.45) is 5.38. The van der Waals surface area contributed by atoms with Gasteiger partial charge in [-0.05, 0) is 41.0 Å². The van der Waals surface area contributed by atoms with Crippen molar-refractivity contribution in [3.05, 3.63) is 52.7 Å². The SMILES string of the molecule is NC1=CC=C2C(=Cc3cc(N)ccc32)C1=O. The van der Waals surface area contributed by atoms with Crippen LogP contribution in [0.25, 0.3) is 11.6 Å². The Morgan fingerprint density at radius 1 is 1.00 bits per heavy atom. The number of rotatable bonds is 0. The van der Waals surface area contributed by atoms with Crippen molar-refractivity contribution in [2.24, 2.45) is 5.73 Å². The number of ketones is 1. The lowest BCUT2D eigenvalue weighted by Gasteiger charge is -2.10. The second kappa shape index (κ2) is 2.85. The van der Waals surface area contributed by atoms with E-state index in [1.54, 1.807) is 6.08 Å². The number of carbonyl (C=O) groups excluding carboxylic acids is 1. The fourth-order valence-corrected chi connectivity index (χ4v) is 2.10. The number of hydrogen-bond donors (Lipinski definition) is 2. The molecule has 3 nitrogen and oxygen atoms in total. The number of nitrogen functional groups attached to an aromatic ring is 1. The van der Waals surface area contributed by atoms with Crippen LogP contribution in [0.2, 0.25) is 0 Å². The lowest BCUT2D eigenvalue weighted by Crippen LogP contribution is -2.15. The van der Waals surface area contributed by atoms with Gasteiger partial charge >= 0.3 is 0 Å². The molecule has 0 radical (unpaired) electrons. The molecule has 1 aromatic rings. The molecular formula is C13H10N2O. The largest absolute Gasteiger partial charge is 0.399 e. The average Bonchev–Trinajstić information content (AvgIpc) is 2.62. The van der Waals surface area contributed by atoms with Gasteiger partial charge in [0.1, 0.15) is 0 Å². The summed E-state index contributed by atoms with van der Waals surface area (Å²) in [5.74, 6) is -0.104. The van der Waals surface area contributed by atoms with Crippen molar-refractivity contribution in [1.82, 2.24) is 0 Å². The van der Waals surface area contributed by atoms with E-state index < -0.39 is 0 Å². The highest BCUT2D eigenvalue weighted by molar-refractivity contribution is 6.25. The summed E-state index contributed by atoms with van der Waals surface area (Å²) in [4.78, 5) is 11.8. The first-order valence-corrected chi connectivity index (χ1v) is 5.01. The monoisotopic (exact) mass is 210 g/mol. The van der Waals surface area contributed by atoms with E-state index in [9.17, 15) is 4.79 Å². The van der Waals surface area contributed by atoms with Gasteiger partial charge in [-0.2, -0.15) is 0 Å². The van der Waals surface area contributed by atoms with Gasteiger partial charge in [-0.1, -0.05) is 12.1 Å². The Morgan fingerprint density at radius 2 is 1.81 bits per heavy atom. The Labute approximate surface area is 92.7 Å². The van der Waals surface area contributed by atoms with Gasteiger partial charge < -0.3 is 11.5 Å². The van der Waals surface area contributed by atoms with E-state index in [0.717, 1.165) is 16.7 Å². The van der Waals surface area contributed by atoms with Gasteiger partial charge in [-0.3, -0.25) is 4.79 Å². The van der Waals surface area contributed by atoms with Crippen molar-refractivity contribution in [1.29, 1.82) is 0 Å². The zero-order valence-corrected chi connectivity index (χ0v) is 8.53. The maximum absolute atomic E-state index is 11.8. The summed E-state index contributed by atoms with van der Waals surface area (Å²) in [7, 11) is 0. The highest BCUT2D eigenvalue weighted by Gasteiger charge is 2.27. The Kier molecular flexibility index (Phi) is 1.60. The molecule has 1 aromatic carbocycles. The molecule has 3 rings (SSSR count). The van der Waals surface area contributed by atoms with E-state index in [-0.39, 0.29) is 11.5 Å². The average molecular weight is 210 g/mol. The maximum atomic E-state index is 11.8. The van der Waals surface area contributed by atoms with Crippen LogP contribution in [0.3, 0.4) is 0 Å². The van der Waals surface area contributed by atoms with Gasteiger partial charge in [0.25, 0.3) is 0 Å². The molecule has 78 valence electrons. The predicted octanol–water partition coefficient (Wildman–Crippen LogP) is 1.47. The van der Waals surface area contributed by atoms with Crippen LogP contribution >= 0.6 is 0 Å². The minimum Gasteiger partial charge on any atom is -0.399 e. The quantitative estimate of drug-likeness (QED) is 0.637. The van der Waals surface area contributed by atoms with E-state index >= 15 is 0 Å². The molecule has 0 saturated heterocycles. The standard InChI is InChI=1S/C13H10N2O/c14-8-1-2-9-7(5-8)6-11-10(9)3-4-12(15)13(11)16/h1-6H,14-15H2. The molecule has 0 atom stereocenters. The van der Waals surface area contributed by atoms with Gasteiger partial charge in [0.05, 0.1) is 5.70 Å². The number of fused-ring (bicyclic) bond motifs is 3. The van der Waals surface area contributed by atoms with Crippen molar-refractivity contribution in [2.45, 2.75) is 0 Å². The van der Waals surface area contributed by atoms with E-state index in [2.05, 4.69) is 0 Å². The topological polar surface area (TPSA) is 69.1 Å². The zero-order chi connectivity index (χ0) is 11.3. The molecule has 2 aliphatic rings. The first kappa shape index (κ1) is 8.97. The first-order valence-electron chi connectivity index (χ1n) is 5.01. The normalized spacial score (nSPS) is 17.2. The Balaban J connectivity index is 2.24. The van der Waals surface area contributed by atoms with Gasteiger partial charge in [0, 0.05) is 11.3 Å². The van der Waals surface area contributed by atoms with Crippen LogP contribution in [0.4, 0.5) is 5.69 Å². The molecule has 0 aliphatic heterocycles. The van der Waals surface area contributed by atoms with Crippen LogP contribution in [0, 0.1) is 0 Å². The molecule has 4 N–H and O–H groups in total. The third kappa shape index (κ3) is 1.05. The number of Topliss-reactive ketones (excluding diaryl/α,β-unsaturated/α-hetero) is 1. The fraction of sp³-hybridized carbons (Fsp3) is 0.